The molecule has 0 atom stereocenters. The van der Waals surface area contributed by atoms with E-state index in [2.05, 4.69) is 38.2 Å². The number of ether oxygens (including phenoxy) is 2. The lowest BCUT2D eigenvalue weighted by molar-refractivity contribution is 0.102. The summed E-state index contributed by atoms with van der Waals surface area (Å²) >= 11 is 0. The van der Waals surface area contributed by atoms with Gasteiger partial charge in [0.25, 0.3) is 5.91 Å². The molecule has 1 N–H and O–H groups in total. The molecule has 0 saturated carbocycles. The van der Waals surface area contributed by atoms with E-state index in [0.29, 0.717) is 17.9 Å². The van der Waals surface area contributed by atoms with Crippen molar-refractivity contribution in [3.8, 4) is 11.5 Å². The number of para-hydroxylation sites is 1. The van der Waals surface area contributed by atoms with Crippen molar-refractivity contribution in [2.24, 2.45) is 0 Å². The molecule has 3 aromatic carbocycles. The topological polar surface area (TPSA) is 47.6 Å². The summed E-state index contributed by atoms with van der Waals surface area (Å²) in [4.78, 5) is 12.6. The first-order valence-electron chi connectivity index (χ1n) is 10.3. The molecule has 0 bridgehead atoms. The average molecular weight is 422 g/mol. The van der Waals surface area contributed by atoms with Gasteiger partial charge in [0.05, 0.1) is 12.3 Å². The van der Waals surface area contributed by atoms with Crippen molar-refractivity contribution in [2.45, 2.75) is 39.7 Å². The number of carbonyl (C=O) groups is 1. The number of benzene rings is 3. The lowest BCUT2D eigenvalue weighted by Gasteiger charge is -2.19. The highest BCUT2D eigenvalue weighted by molar-refractivity contribution is 6.04. The van der Waals surface area contributed by atoms with Crippen LogP contribution in [0.25, 0.3) is 0 Å². The fourth-order valence-corrected chi connectivity index (χ4v) is 3.10. The summed E-state index contributed by atoms with van der Waals surface area (Å²) in [5, 5.41) is 2.60. The lowest BCUT2D eigenvalue weighted by atomic mass is 9.87. The monoisotopic (exact) mass is 421 g/mol. The molecular formula is C26H28FNO3. The van der Waals surface area contributed by atoms with E-state index in [1.807, 2.05) is 19.1 Å². The third-order valence-electron chi connectivity index (χ3n) is 4.86. The third-order valence-corrected chi connectivity index (χ3v) is 4.86. The normalized spacial score (nSPS) is 11.1. The zero-order chi connectivity index (χ0) is 22.4. The van der Waals surface area contributed by atoms with Crippen molar-refractivity contribution in [3.05, 3.63) is 89.2 Å². The summed E-state index contributed by atoms with van der Waals surface area (Å²) in [6.07, 6.45) is 0. The van der Waals surface area contributed by atoms with Gasteiger partial charge >= 0.3 is 0 Å². The molecule has 31 heavy (non-hydrogen) atoms. The van der Waals surface area contributed by atoms with Gasteiger partial charge in [0.15, 0.2) is 0 Å². The maximum Gasteiger partial charge on any atom is 0.255 e. The van der Waals surface area contributed by atoms with Gasteiger partial charge in [-0.05, 0) is 60.4 Å². The standard InChI is InChI=1S/C26H28FNO3/c1-5-30-24-15-10-18(25(29)28-23-9-7-6-8-22(23)27)16-19(24)17-31-21-13-11-20(12-14-21)26(2,3)4/h6-16H,5,17H2,1-4H3,(H,28,29). The van der Waals surface area contributed by atoms with Crippen molar-refractivity contribution in [2.75, 3.05) is 11.9 Å². The van der Waals surface area contributed by atoms with Gasteiger partial charge in [0, 0.05) is 11.1 Å². The molecule has 3 rings (SSSR count). The van der Waals surface area contributed by atoms with Crippen LogP contribution < -0.4 is 14.8 Å². The molecule has 0 heterocycles. The third kappa shape index (κ3) is 5.85. The number of hydrogen-bond donors (Lipinski definition) is 1. The summed E-state index contributed by atoms with van der Waals surface area (Å²) in [7, 11) is 0. The molecular weight excluding hydrogens is 393 g/mol. The zero-order valence-corrected chi connectivity index (χ0v) is 18.4. The maximum absolute atomic E-state index is 13.9. The molecule has 1 amide bonds. The molecule has 0 fully saturated rings. The molecule has 5 heteroatoms. The van der Waals surface area contributed by atoms with Crippen LogP contribution in [0.1, 0.15) is 49.2 Å². The van der Waals surface area contributed by atoms with E-state index in [1.54, 1.807) is 30.3 Å². The van der Waals surface area contributed by atoms with Crippen molar-refractivity contribution in [3.63, 3.8) is 0 Å². The quantitative estimate of drug-likeness (QED) is 0.483. The van der Waals surface area contributed by atoms with Gasteiger partial charge in [-0.3, -0.25) is 4.79 Å². The van der Waals surface area contributed by atoms with E-state index in [0.717, 1.165) is 11.3 Å². The average Bonchev–Trinajstić information content (AvgIpc) is 2.74. The molecule has 0 aliphatic carbocycles. The number of hydrogen-bond acceptors (Lipinski definition) is 3. The van der Waals surface area contributed by atoms with Crippen LogP contribution in [-0.2, 0) is 12.0 Å². The number of amides is 1. The molecule has 0 spiro atoms. The highest BCUT2D eigenvalue weighted by Crippen LogP contribution is 2.26. The zero-order valence-electron chi connectivity index (χ0n) is 18.4. The van der Waals surface area contributed by atoms with E-state index in [-0.39, 0.29) is 17.7 Å². The van der Waals surface area contributed by atoms with Crippen molar-refractivity contribution in [1.82, 2.24) is 0 Å². The molecule has 0 aliphatic heterocycles. The highest BCUT2D eigenvalue weighted by atomic mass is 19.1. The van der Waals surface area contributed by atoms with E-state index < -0.39 is 11.7 Å². The van der Waals surface area contributed by atoms with Crippen LogP contribution >= 0.6 is 0 Å². The van der Waals surface area contributed by atoms with Crippen molar-refractivity contribution < 1.29 is 18.7 Å². The summed E-state index contributed by atoms with van der Waals surface area (Å²) < 4.78 is 25.5. The fourth-order valence-electron chi connectivity index (χ4n) is 3.10. The first kappa shape index (κ1) is 22.3. The van der Waals surface area contributed by atoms with E-state index in [9.17, 15) is 9.18 Å². The molecule has 0 unspecified atom stereocenters. The van der Waals surface area contributed by atoms with Crippen LogP contribution in [0.2, 0.25) is 0 Å². The van der Waals surface area contributed by atoms with Gasteiger partial charge in [-0.2, -0.15) is 0 Å². The van der Waals surface area contributed by atoms with Gasteiger partial charge in [-0.15, -0.1) is 0 Å². The SMILES string of the molecule is CCOc1ccc(C(=O)Nc2ccccc2F)cc1COc1ccc(C(C)(C)C)cc1. The van der Waals surface area contributed by atoms with Crippen LogP contribution in [0.5, 0.6) is 11.5 Å². The minimum atomic E-state index is -0.482. The molecule has 162 valence electrons. The second-order valence-corrected chi connectivity index (χ2v) is 8.25. The molecule has 0 aromatic heterocycles. The van der Waals surface area contributed by atoms with Gasteiger partial charge in [-0.25, -0.2) is 4.39 Å². The van der Waals surface area contributed by atoms with Gasteiger partial charge in [0.1, 0.15) is 23.9 Å². The predicted octanol–water partition coefficient (Wildman–Crippen LogP) is 6.35. The Kier molecular flexibility index (Phi) is 6.95. The van der Waals surface area contributed by atoms with Gasteiger partial charge in [-0.1, -0.05) is 45.0 Å². The van der Waals surface area contributed by atoms with Crippen molar-refractivity contribution >= 4 is 11.6 Å². The number of rotatable bonds is 7. The van der Waals surface area contributed by atoms with E-state index in [4.69, 9.17) is 9.47 Å². The largest absolute Gasteiger partial charge is 0.493 e. The molecule has 3 aromatic rings. The molecule has 0 saturated heterocycles. The van der Waals surface area contributed by atoms with Crippen LogP contribution in [0.3, 0.4) is 0 Å². The maximum atomic E-state index is 13.9. The summed E-state index contributed by atoms with van der Waals surface area (Å²) in [6, 6.07) is 19.2. The van der Waals surface area contributed by atoms with Gasteiger partial charge in [0.2, 0.25) is 0 Å². The number of nitrogens with one attached hydrogen (secondary N) is 1. The highest BCUT2D eigenvalue weighted by Gasteiger charge is 2.15. The van der Waals surface area contributed by atoms with Crippen LogP contribution in [0.4, 0.5) is 10.1 Å². The van der Waals surface area contributed by atoms with E-state index >= 15 is 0 Å². The number of anilines is 1. The first-order valence-corrected chi connectivity index (χ1v) is 10.3. The smallest absolute Gasteiger partial charge is 0.255 e. The number of carbonyl (C=O) groups excluding carboxylic acids is 1. The van der Waals surface area contributed by atoms with Gasteiger partial charge < -0.3 is 14.8 Å². The fraction of sp³-hybridized carbons (Fsp3) is 0.269. The van der Waals surface area contributed by atoms with E-state index in [1.165, 1.54) is 17.7 Å². The Morgan fingerprint density at radius 1 is 0.968 bits per heavy atom. The Morgan fingerprint density at radius 2 is 1.68 bits per heavy atom. The predicted molar refractivity (Wildman–Crippen MR) is 121 cm³/mol. The summed E-state index contributed by atoms with van der Waals surface area (Å²) in [5.74, 6) is 0.501. The minimum absolute atomic E-state index is 0.0700. The Labute approximate surface area is 183 Å². The van der Waals surface area contributed by atoms with Crippen LogP contribution in [0.15, 0.2) is 66.7 Å². The lowest BCUT2D eigenvalue weighted by Crippen LogP contribution is -2.14. The molecule has 4 nitrogen and oxygen atoms in total. The van der Waals surface area contributed by atoms with Crippen LogP contribution in [-0.4, -0.2) is 12.5 Å². The first-order chi connectivity index (χ1) is 14.8. The second kappa shape index (κ2) is 9.65. The Bertz CT molecular complexity index is 1040. The Balaban J connectivity index is 1.77. The Morgan fingerprint density at radius 3 is 2.32 bits per heavy atom. The minimum Gasteiger partial charge on any atom is -0.493 e. The summed E-state index contributed by atoms with van der Waals surface area (Å²) in [5.41, 5.74) is 2.57. The number of halogens is 1. The molecule has 0 radical (unpaired) electrons. The summed E-state index contributed by atoms with van der Waals surface area (Å²) in [6.45, 7) is 9.12. The molecule has 0 aliphatic rings. The van der Waals surface area contributed by atoms with Crippen LogP contribution in [0, 0.1) is 5.82 Å². The Hall–Kier alpha value is -3.34. The second-order valence-electron chi connectivity index (χ2n) is 8.25. The van der Waals surface area contributed by atoms with Crippen molar-refractivity contribution in [1.29, 1.82) is 0 Å².